The second-order valence-electron chi connectivity index (χ2n) is 5.14. The van der Waals surface area contributed by atoms with Crippen molar-refractivity contribution in [3.05, 3.63) is 48.5 Å². The largest absolute Gasteiger partial charge is 0.302 e. The summed E-state index contributed by atoms with van der Waals surface area (Å²) in [6.07, 6.45) is 3.41. The Hall–Kier alpha value is -1.50. The number of hydrogen-bond acceptors (Lipinski definition) is 5. The van der Waals surface area contributed by atoms with Gasteiger partial charge >= 0.3 is 0 Å². The molecule has 24 heavy (non-hydrogen) atoms. The van der Waals surface area contributed by atoms with Gasteiger partial charge in [0.25, 0.3) is 0 Å². The van der Waals surface area contributed by atoms with E-state index in [4.69, 9.17) is 0 Å². The average molecular weight is 375 g/mol. The lowest BCUT2D eigenvalue weighted by Crippen LogP contribution is -2.11. The summed E-state index contributed by atoms with van der Waals surface area (Å²) in [6.45, 7) is 0. The average Bonchev–Trinajstić information content (AvgIpc) is 3.02. The number of thiazole rings is 1. The van der Waals surface area contributed by atoms with E-state index in [1.807, 2.05) is 36.6 Å². The Labute approximate surface area is 154 Å². The van der Waals surface area contributed by atoms with Crippen molar-refractivity contribution in [1.82, 2.24) is 4.98 Å². The summed E-state index contributed by atoms with van der Waals surface area (Å²) in [4.78, 5) is 19.0. The maximum atomic E-state index is 12.1. The van der Waals surface area contributed by atoms with Gasteiger partial charge in [0.2, 0.25) is 5.91 Å². The predicted molar refractivity (Wildman–Crippen MR) is 106 cm³/mol. The Bertz CT molecular complexity index is 818. The van der Waals surface area contributed by atoms with Gasteiger partial charge in [-0.2, -0.15) is 0 Å². The maximum Gasteiger partial charge on any atom is 0.226 e. The highest BCUT2D eigenvalue weighted by molar-refractivity contribution is 7.99. The number of benzene rings is 2. The summed E-state index contributed by atoms with van der Waals surface area (Å²) >= 11 is 4.99. The van der Waals surface area contributed by atoms with E-state index in [-0.39, 0.29) is 5.91 Å². The number of aromatic nitrogens is 1. The third kappa shape index (κ3) is 4.53. The molecule has 0 bridgehead atoms. The van der Waals surface area contributed by atoms with Crippen molar-refractivity contribution < 1.29 is 4.79 Å². The summed E-state index contributed by atoms with van der Waals surface area (Å²) in [7, 11) is 0. The van der Waals surface area contributed by atoms with E-state index in [9.17, 15) is 4.79 Å². The monoisotopic (exact) mass is 374 g/mol. The molecular formula is C18H18N2OS3. The van der Waals surface area contributed by atoms with Crippen LogP contribution in [0.5, 0.6) is 0 Å². The van der Waals surface area contributed by atoms with Crippen LogP contribution in [0.25, 0.3) is 10.2 Å². The molecule has 3 nitrogen and oxygen atoms in total. The van der Waals surface area contributed by atoms with Crippen molar-refractivity contribution in [3.63, 3.8) is 0 Å². The molecular weight excluding hydrogens is 356 g/mol. The van der Waals surface area contributed by atoms with Gasteiger partial charge in [0.15, 0.2) is 5.13 Å². The van der Waals surface area contributed by atoms with Crippen LogP contribution in [0.15, 0.2) is 58.3 Å². The molecule has 6 heteroatoms. The number of fused-ring (bicyclic) bond motifs is 1. The van der Waals surface area contributed by atoms with Crippen molar-refractivity contribution in [2.75, 3.05) is 17.3 Å². The predicted octanol–water partition coefficient (Wildman–Crippen LogP) is 5.53. The van der Waals surface area contributed by atoms with Crippen molar-refractivity contribution >= 4 is 56.1 Å². The first-order chi connectivity index (χ1) is 11.8. The van der Waals surface area contributed by atoms with Crippen LogP contribution in [0.2, 0.25) is 0 Å². The molecule has 0 radical (unpaired) electrons. The topological polar surface area (TPSA) is 42.0 Å². The molecule has 1 amide bonds. The number of rotatable bonds is 7. The molecule has 0 unspecified atom stereocenters. The van der Waals surface area contributed by atoms with E-state index < -0.39 is 0 Å². The molecule has 0 aliphatic carbocycles. The molecule has 0 spiro atoms. The van der Waals surface area contributed by atoms with Gasteiger partial charge in [-0.3, -0.25) is 4.79 Å². The van der Waals surface area contributed by atoms with Gasteiger partial charge in [-0.15, -0.1) is 23.5 Å². The number of thioether (sulfide) groups is 2. The van der Waals surface area contributed by atoms with E-state index in [0.29, 0.717) is 11.6 Å². The van der Waals surface area contributed by atoms with Gasteiger partial charge in [0.05, 0.1) is 10.2 Å². The van der Waals surface area contributed by atoms with Crippen molar-refractivity contribution in [2.24, 2.45) is 0 Å². The number of amides is 1. The molecule has 0 aliphatic heterocycles. The van der Waals surface area contributed by atoms with Gasteiger partial charge < -0.3 is 5.32 Å². The molecule has 2 aromatic carbocycles. The lowest BCUT2D eigenvalue weighted by molar-refractivity contribution is -0.116. The fraction of sp³-hybridized carbons (Fsp3) is 0.222. The number of carbonyl (C=O) groups excluding carboxylic acids is 1. The summed E-state index contributed by atoms with van der Waals surface area (Å²) in [5, 5.41) is 3.62. The van der Waals surface area contributed by atoms with Crippen LogP contribution in [0.4, 0.5) is 5.13 Å². The van der Waals surface area contributed by atoms with Crippen LogP contribution in [0.3, 0.4) is 0 Å². The van der Waals surface area contributed by atoms with E-state index in [0.717, 1.165) is 27.3 Å². The molecule has 0 saturated carbocycles. The molecule has 1 heterocycles. The summed E-state index contributed by atoms with van der Waals surface area (Å²) in [6, 6.07) is 16.4. The third-order valence-electron chi connectivity index (χ3n) is 3.41. The highest BCUT2D eigenvalue weighted by Crippen LogP contribution is 2.32. The zero-order valence-corrected chi connectivity index (χ0v) is 15.8. The highest BCUT2D eigenvalue weighted by Gasteiger charge is 2.10. The van der Waals surface area contributed by atoms with Crippen LogP contribution in [-0.2, 0) is 4.79 Å². The fourth-order valence-corrected chi connectivity index (χ4v) is 4.67. The van der Waals surface area contributed by atoms with Crippen molar-refractivity contribution in [1.29, 1.82) is 0 Å². The van der Waals surface area contributed by atoms with Crippen LogP contribution < -0.4 is 5.32 Å². The van der Waals surface area contributed by atoms with Crippen molar-refractivity contribution in [3.8, 4) is 0 Å². The minimum absolute atomic E-state index is 0.0356. The van der Waals surface area contributed by atoms with Crippen LogP contribution in [0, 0.1) is 0 Å². The van der Waals surface area contributed by atoms with Crippen LogP contribution in [-0.4, -0.2) is 22.9 Å². The van der Waals surface area contributed by atoms with Crippen LogP contribution in [0.1, 0.15) is 12.8 Å². The minimum Gasteiger partial charge on any atom is -0.302 e. The molecule has 0 aliphatic rings. The Morgan fingerprint density at radius 1 is 1.17 bits per heavy atom. The van der Waals surface area contributed by atoms with Gasteiger partial charge in [0, 0.05) is 16.2 Å². The highest BCUT2D eigenvalue weighted by atomic mass is 32.2. The number of nitrogens with zero attached hydrogens (tertiary/aromatic N) is 1. The molecule has 124 valence electrons. The Balaban J connectivity index is 1.50. The molecule has 0 atom stereocenters. The van der Waals surface area contributed by atoms with Gasteiger partial charge in [-0.05, 0) is 42.7 Å². The molecule has 3 rings (SSSR count). The van der Waals surface area contributed by atoms with Gasteiger partial charge in [-0.1, -0.05) is 35.6 Å². The lowest BCUT2D eigenvalue weighted by atomic mass is 10.3. The van der Waals surface area contributed by atoms with Crippen LogP contribution >= 0.6 is 34.9 Å². The summed E-state index contributed by atoms with van der Waals surface area (Å²) in [5.41, 5.74) is 0.977. The normalized spacial score (nSPS) is 10.9. The third-order valence-corrected chi connectivity index (χ3v) is 6.21. The molecule has 3 aromatic rings. The summed E-state index contributed by atoms with van der Waals surface area (Å²) in [5.74, 6) is 0.974. The smallest absolute Gasteiger partial charge is 0.226 e. The lowest BCUT2D eigenvalue weighted by Gasteiger charge is -2.02. The second-order valence-corrected chi connectivity index (χ2v) is 8.19. The van der Waals surface area contributed by atoms with E-state index in [1.165, 1.54) is 16.2 Å². The number of nitrogens with one attached hydrogen (secondary N) is 1. The zero-order valence-electron chi connectivity index (χ0n) is 13.3. The zero-order chi connectivity index (χ0) is 16.8. The molecule has 0 fully saturated rings. The standard InChI is InChI=1S/C18H18N2OS3/c1-22-14-9-5-10-15-17(14)20-18(24-15)19-16(21)11-6-12-23-13-7-3-2-4-8-13/h2-5,7-10H,6,11-12H2,1H3,(H,19,20,21). The minimum atomic E-state index is 0.0356. The quantitative estimate of drug-likeness (QED) is 0.436. The number of hydrogen-bond donors (Lipinski definition) is 1. The van der Waals surface area contributed by atoms with E-state index in [1.54, 1.807) is 23.5 Å². The summed E-state index contributed by atoms with van der Waals surface area (Å²) < 4.78 is 1.11. The fourth-order valence-electron chi connectivity index (χ4n) is 2.26. The number of para-hydroxylation sites is 1. The van der Waals surface area contributed by atoms with E-state index in [2.05, 4.69) is 28.5 Å². The van der Waals surface area contributed by atoms with Gasteiger partial charge in [-0.25, -0.2) is 4.98 Å². The Morgan fingerprint density at radius 3 is 2.79 bits per heavy atom. The second kappa shape index (κ2) is 8.55. The first-order valence-corrected chi connectivity index (χ1v) is 10.7. The SMILES string of the molecule is CSc1cccc2sc(NC(=O)CCCSc3ccccc3)nc12. The Morgan fingerprint density at radius 2 is 2.00 bits per heavy atom. The molecule has 0 saturated heterocycles. The van der Waals surface area contributed by atoms with E-state index >= 15 is 0 Å². The van der Waals surface area contributed by atoms with Crippen molar-refractivity contribution in [2.45, 2.75) is 22.6 Å². The first kappa shape index (κ1) is 17.3. The molecule has 1 aromatic heterocycles. The molecule has 1 N–H and O–H groups in total. The first-order valence-electron chi connectivity index (χ1n) is 7.67. The van der Waals surface area contributed by atoms with Gasteiger partial charge in [0.1, 0.15) is 0 Å². The number of carbonyl (C=O) groups is 1. The number of anilines is 1. The maximum absolute atomic E-state index is 12.1. The Kier molecular flexibility index (Phi) is 6.18.